The lowest BCUT2D eigenvalue weighted by molar-refractivity contribution is -0.384. The maximum absolute atomic E-state index is 14.5. The van der Waals surface area contributed by atoms with Crippen LogP contribution in [0, 0.1) is 10.1 Å². The summed E-state index contributed by atoms with van der Waals surface area (Å²) in [5, 5.41) is 12.9. The number of rotatable bonds is 11. The zero-order chi connectivity index (χ0) is 35.5. The molecule has 256 valence electrons. The molecule has 0 aliphatic carbocycles. The number of nitro benzene ring substituents is 1. The van der Waals surface area contributed by atoms with Crippen LogP contribution in [-0.4, -0.2) is 35.3 Å². The van der Waals surface area contributed by atoms with Crippen LogP contribution in [-0.2, 0) is 16.1 Å². The molecule has 0 unspecified atom stereocenters. The van der Waals surface area contributed by atoms with Crippen LogP contribution < -0.4 is 29.1 Å². The number of fused-ring (bicyclic) bond motifs is 2. The van der Waals surface area contributed by atoms with Crippen LogP contribution in [0.1, 0.15) is 50.4 Å². The molecule has 0 N–H and O–H groups in total. The van der Waals surface area contributed by atoms with Crippen LogP contribution in [0.2, 0.25) is 0 Å². The van der Waals surface area contributed by atoms with Crippen LogP contribution in [0.5, 0.6) is 17.2 Å². The van der Waals surface area contributed by atoms with Gasteiger partial charge in [0.25, 0.3) is 11.2 Å². The van der Waals surface area contributed by atoms with Crippen molar-refractivity contribution in [2.45, 2.75) is 46.4 Å². The van der Waals surface area contributed by atoms with Gasteiger partial charge in [0.2, 0.25) is 0 Å². The number of carbonyl (C=O) groups is 1. The Hall–Kier alpha value is -5.75. The van der Waals surface area contributed by atoms with E-state index in [9.17, 15) is 19.7 Å². The summed E-state index contributed by atoms with van der Waals surface area (Å²) in [4.78, 5) is 43.7. The van der Waals surface area contributed by atoms with Gasteiger partial charge in [-0.25, -0.2) is 9.79 Å². The summed E-state index contributed by atoms with van der Waals surface area (Å²) in [6, 6.07) is 22.2. The van der Waals surface area contributed by atoms with Crippen molar-refractivity contribution in [3.8, 4) is 17.2 Å². The van der Waals surface area contributed by atoms with Gasteiger partial charge in [-0.05, 0) is 86.0 Å². The van der Waals surface area contributed by atoms with E-state index in [-0.39, 0.29) is 36.1 Å². The average Bonchev–Trinajstić information content (AvgIpc) is 3.41. The molecule has 0 saturated heterocycles. The SMILES string of the molecule is CCOC(=O)C1=C(C)N=c2s/c(=C/c3c(OCc4ccc([N+](=O)[O-])cc4)ccc4ccccc34)c(=O)n2[C@@H]1c1ccc(OC(C)C)c(OC)c1. The highest BCUT2D eigenvalue weighted by Crippen LogP contribution is 2.37. The van der Waals surface area contributed by atoms with Gasteiger partial charge in [0.1, 0.15) is 12.4 Å². The number of hydrogen-bond acceptors (Lipinski definition) is 10. The molecular formula is C38H35N3O8S. The third-order valence-corrected chi connectivity index (χ3v) is 9.11. The molecule has 1 aliphatic heterocycles. The maximum atomic E-state index is 14.5. The normalized spacial score (nSPS) is 14.4. The van der Waals surface area contributed by atoms with Gasteiger partial charge in [-0.15, -0.1) is 0 Å². The molecule has 5 aromatic rings. The molecule has 1 atom stereocenters. The predicted molar refractivity (Wildman–Crippen MR) is 191 cm³/mol. The van der Waals surface area contributed by atoms with Crippen molar-refractivity contribution >= 4 is 39.8 Å². The number of nitrogens with zero attached hydrogens (tertiary/aromatic N) is 3. The van der Waals surface area contributed by atoms with Gasteiger partial charge in [0, 0.05) is 17.7 Å². The zero-order valence-electron chi connectivity index (χ0n) is 28.2. The summed E-state index contributed by atoms with van der Waals surface area (Å²) >= 11 is 1.21. The van der Waals surface area contributed by atoms with Crippen molar-refractivity contribution in [2.24, 2.45) is 4.99 Å². The summed E-state index contributed by atoms with van der Waals surface area (Å²) in [5.41, 5.74) is 2.40. The van der Waals surface area contributed by atoms with Gasteiger partial charge in [-0.2, -0.15) is 0 Å². The lowest BCUT2D eigenvalue weighted by Gasteiger charge is -2.25. The minimum absolute atomic E-state index is 0.00606. The van der Waals surface area contributed by atoms with E-state index in [2.05, 4.69) is 0 Å². The Labute approximate surface area is 291 Å². The number of allylic oxidation sites excluding steroid dienone is 1. The van der Waals surface area contributed by atoms with Gasteiger partial charge < -0.3 is 18.9 Å². The lowest BCUT2D eigenvalue weighted by Crippen LogP contribution is -2.40. The molecule has 4 aromatic carbocycles. The Kier molecular flexibility index (Phi) is 9.82. The first-order valence-corrected chi connectivity index (χ1v) is 16.8. The fourth-order valence-electron chi connectivity index (χ4n) is 5.87. The topological polar surface area (TPSA) is 131 Å². The Morgan fingerprint density at radius 3 is 2.48 bits per heavy atom. The lowest BCUT2D eigenvalue weighted by atomic mass is 9.95. The third-order valence-electron chi connectivity index (χ3n) is 8.13. The smallest absolute Gasteiger partial charge is 0.338 e. The molecule has 0 bridgehead atoms. The van der Waals surface area contributed by atoms with Gasteiger partial charge in [0.15, 0.2) is 16.3 Å². The molecule has 0 saturated carbocycles. The predicted octanol–water partition coefficient (Wildman–Crippen LogP) is 6.23. The summed E-state index contributed by atoms with van der Waals surface area (Å²) in [5.74, 6) is 0.958. The summed E-state index contributed by atoms with van der Waals surface area (Å²) in [6.45, 7) is 7.60. The molecule has 2 heterocycles. The zero-order valence-corrected chi connectivity index (χ0v) is 29.0. The Bertz CT molecular complexity index is 2320. The molecule has 11 nitrogen and oxygen atoms in total. The van der Waals surface area contributed by atoms with Crippen molar-refractivity contribution in [2.75, 3.05) is 13.7 Å². The van der Waals surface area contributed by atoms with Crippen LogP contribution >= 0.6 is 11.3 Å². The van der Waals surface area contributed by atoms with E-state index in [1.807, 2.05) is 56.3 Å². The number of carbonyl (C=O) groups excluding carboxylic acids is 1. The highest BCUT2D eigenvalue weighted by Gasteiger charge is 2.34. The fraction of sp³-hybridized carbons (Fsp3) is 0.237. The molecule has 6 rings (SSSR count). The van der Waals surface area contributed by atoms with E-state index < -0.39 is 16.9 Å². The first kappa shape index (κ1) is 34.1. The first-order valence-electron chi connectivity index (χ1n) is 16.0. The van der Waals surface area contributed by atoms with Gasteiger partial charge >= 0.3 is 5.97 Å². The van der Waals surface area contributed by atoms with E-state index >= 15 is 0 Å². The second-order valence-corrected chi connectivity index (χ2v) is 12.8. The molecule has 0 fully saturated rings. The number of thiazole rings is 1. The highest BCUT2D eigenvalue weighted by molar-refractivity contribution is 7.07. The van der Waals surface area contributed by atoms with Crippen molar-refractivity contribution in [1.82, 2.24) is 4.57 Å². The number of nitro groups is 1. The first-order chi connectivity index (χ1) is 24.1. The average molecular weight is 694 g/mol. The number of non-ortho nitro benzene ring substituents is 1. The Morgan fingerprint density at radius 1 is 1.04 bits per heavy atom. The van der Waals surface area contributed by atoms with Crippen LogP contribution in [0.4, 0.5) is 5.69 Å². The number of methoxy groups -OCH3 is 1. The summed E-state index contributed by atoms with van der Waals surface area (Å²) < 4.78 is 25.2. The number of ether oxygens (including phenoxy) is 4. The van der Waals surface area contributed by atoms with Crippen molar-refractivity contribution < 1.29 is 28.7 Å². The van der Waals surface area contributed by atoms with Crippen molar-refractivity contribution in [3.05, 3.63) is 137 Å². The Morgan fingerprint density at radius 2 is 1.78 bits per heavy atom. The standard InChI is InChI=1S/C38H35N3O8S/c1-6-47-37(43)34-23(4)39-38-40(35(34)26-14-18-31(49-22(2)3)32(19-26)46-5)36(42)33(50-38)20-29-28-10-8-7-9-25(28)13-17-30(29)48-21-24-11-15-27(16-12-24)41(44)45/h7-20,22,35H,6,21H2,1-5H3/b33-20+/t35-/m1/s1. The molecule has 12 heteroatoms. The van der Waals surface area contributed by atoms with Crippen LogP contribution in [0.15, 0.2) is 99.9 Å². The number of benzene rings is 4. The molecule has 0 amide bonds. The molecule has 0 radical (unpaired) electrons. The number of aromatic nitrogens is 1. The second kappa shape index (κ2) is 14.4. The van der Waals surface area contributed by atoms with Crippen LogP contribution in [0.3, 0.4) is 0 Å². The number of esters is 1. The summed E-state index contributed by atoms with van der Waals surface area (Å²) in [7, 11) is 1.54. The largest absolute Gasteiger partial charge is 0.493 e. The van der Waals surface area contributed by atoms with Crippen molar-refractivity contribution in [1.29, 1.82) is 0 Å². The molecule has 50 heavy (non-hydrogen) atoms. The van der Waals surface area contributed by atoms with E-state index in [1.165, 1.54) is 35.1 Å². The maximum Gasteiger partial charge on any atom is 0.338 e. The van der Waals surface area contributed by atoms with Crippen molar-refractivity contribution in [3.63, 3.8) is 0 Å². The molecular weight excluding hydrogens is 658 g/mol. The fourth-order valence-corrected chi connectivity index (χ4v) is 6.90. The van der Waals surface area contributed by atoms with E-state index in [1.54, 1.807) is 44.2 Å². The quantitative estimate of drug-likeness (QED) is 0.0904. The van der Waals surface area contributed by atoms with Gasteiger partial charge in [-0.1, -0.05) is 47.7 Å². The Balaban J connectivity index is 1.50. The minimum atomic E-state index is -0.847. The summed E-state index contributed by atoms with van der Waals surface area (Å²) in [6.07, 6.45) is 1.69. The molecule has 1 aromatic heterocycles. The second-order valence-electron chi connectivity index (χ2n) is 11.8. The number of hydrogen-bond donors (Lipinski definition) is 0. The van der Waals surface area contributed by atoms with E-state index in [4.69, 9.17) is 23.9 Å². The monoisotopic (exact) mass is 693 g/mol. The third kappa shape index (κ3) is 6.74. The molecule has 0 spiro atoms. The van der Waals surface area contributed by atoms with Crippen LogP contribution in [0.25, 0.3) is 16.8 Å². The van der Waals surface area contributed by atoms with Gasteiger partial charge in [-0.3, -0.25) is 19.5 Å². The minimum Gasteiger partial charge on any atom is -0.493 e. The van der Waals surface area contributed by atoms with E-state index in [0.29, 0.717) is 43.4 Å². The highest BCUT2D eigenvalue weighted by atomic mass is 32.1. The van der Waals surface area contributed by atoms with E-state index in [0.717, 1.165) is 16.3 Å². The molecule has 1 aliphatic rings. The van der Waals surface area contributed by atoms with Gasteiger partial charge in [0.05, 0.1) is 46.6 Å².